The fourth-order valence-electron chi connectivity index (χ4n) is 2.62. The van der Waals surface area contributed by atoms with Gasteiger partial charge in [-0.15, -0.1) is 0 Å². The Labute approximate surface area is 161 Å². The van der Waals surface area contributed by atoms with Crippen LogP contribution in [-0.4, -0.2) is 25.2 Å². The second-order valence-corrected chi connectivity index (χ2v) is 6.49. The Kier molecular flexibility index (Phi) is 8.56. The standard InChI is InChI=1S/C23H28O4/c1-3-5-7-16-27-22(24)19-13-11-18(12-14-19)20-9-8-10-21(17-20)23(25)26-15-6-4-2/h8-14,17H,3-7,15-16H2,1-2H3. The molecule has 0 aliphatic rings. The van der Waals surface area contributed by atoms with E-state index in [-0.39, 0.29) is 11.9 Å². The van der Waals surface area contributed by atoms with E-state index in [0.717, 1.165) is 43.2 Å². The number of unbranched alkanes of at least 4 members (excludes halogenated alkanes) is 3. The molecule has 0 aromatic heterocycles. The SMILES string of the molecule is CCCCCOC(=O)c1ccc(-c2cccc(C(=O)OCCCC)c2)cc1. The van der Waals surface area contributed by atoms with Crippen LogP contribution in [0.25, 0.3) is 11.1 Å². The van der Waals surface area contributed by atoms with Crippen LogP contribution in [0.1, 0.15) is 66.7 Å². The molecule has 0 saturated heterocycles. The highest BCUT2D eigenvalue weighted by Gasteiger charge is 2.10. The van der Waals surface area contributed by atoms with Crippen LogP contribution >= 0.6 is 0 Å². The van der Waals surface area contributed by atoms with E-state index in [1.807, 2.05) is 30.3 Å². The number of carbonyl (C=O) groups excluding carboxylic acids is 2. The van der Waals surface area contributed by atoms with Crippen LogP contribution in [0.5, 0.6) is 0 Å². The lowest BCUT2D eigenvalue weighted by atomic mass is 10.0. The predicted octanol–water partition coefficient (Wildman–Crippen LogP) is 5.66. The van der Waals surface area contributed by atoms with E-state index in [1.54, 1.807) is 18.2 Å². The van der Waals surface area contributed by atoms with Gasteiger partial charge in [-0.05, 0) is 48.2 Å². The lowest BCUT2D eigenvalue weighted by molar-refractivity contribution is 0.0490. The molecule has 4 nitrogen and oxygen atoms in total. The van der Waals surface area contributed by atoms with Crippen molar-refractivity contribution in [1.29, 1.82) is 0 Å². The molecule has 0 heterocycles. The molecule has 4 heteroatoms. The first-order valence-electron chi connectivity index (χ1n) is 9.70. The molecular formula is C23H28O4. The zero-order valence-electron chi connectivity index (χ0n) is 16.2. The minimum Gasteiger partial charge on any atom is -0.462 e. The number of hydrogen-bond donors (Lipinski definition) is 0. The Morgan fingerprint density at radius 1 is 0.704 bits per heavy atom. The molecule has 144 valence electrons. The molecule has 0 aliphatic carbocycles. The van der Waals surface area contributed by atoms with Crippen molar-refractivity contribution in [3.05, 3.63) is 59.7 Å². The first-order valence-corrected chi connectivity index (χ1v) is 9.70. The molecule has 0 N–H and O–H groups in total. The first-order chi connectivity index (χ1) is 13.2. The van der Waals surface area contributed by atoms with Gasteiger partial charge in [-0.1, -0.05) is 57.4 Å². The normalized spacial score (nSPS) is 10.4. The van der Waals surface area contributed by atoms with Crippen molar-refractivity contribution in [3.63, 3.8) is 0 Å². The highest BCUT2D eigenvalue weighted by molar-refractivity contribution is 5.92. The molecule has 0 saturated carbocycles. The van der Waals surface area contributed by atoms with Gasteiger partial charge in [-0.2, -0.15) is 0 Å². The summed E-state index contributed by atoms with van der Waals surface area (Å²) < 4.78 is 10.5. The molecule has 0 unspecified atom stereocenters. The fraction of sp³-hybridized carbons (Fsp3) is 0.391. The number of rotatable bonds is 10. The van der Waals surface area contributed by atoms with E-state index in [4.69, 9.17) is 9.47 Å². The van der Waals surface area contributed by atoms with Crippen molar-refractivity contribution in [2.24, 2.45) is 0 Å². The Balaban J connectivity index is 2.01. The minimum atomic E-state index is -0.308. The summed E-state index contributed by atoms with van der Waals surface area (Å²) in [6, 6.07) is 14.6. The highest BCUT2D eigenvalue weighted by atomic mass is 16.5. The van der Waals surface area contributed by atoms with Crippen molar-refractivity contribution in [2.45, 2.75) is 46.0 Å². The lowest BCUT2D eigenvalue weighted by Crippen LogP contribution is -2.06. The molecule has 0 spiro atoms. The smallest absolute Gasteiger partial charge is 0.338 e. The summed E-state index contributed by atoms with van der Waals surface area (Å²) in [6.45, 7) is 5.06. The van der Waals surface area contributed by atoms with E-state index in [0.29, 0.717) is 24.3 Å². The topological polar surface area (TPSA) is 52.6 Å². The number of hydrogen-bond acceptors (Lipinski definition) is 4. The largest absolute Gasteiger partial charge is 0.462 e. The Hall–Kier alpha value is -2.62. The van der Waals surface area contributed by atoms with Crippen LogP contribution in [-0.2, 0) is 9.47 Å². The zero-order valence-corrected chi connectivity index (χ0v) is 16.2. The van der Waals surface area contributed by atoms with Gasteiger partial charge in [-0.3, -0.25) is 0 Å². The molecule has 0 fully saturated rings. The molecule has 0 amide bonds. The van der Waals surface area contributed by atoms with Gasteiger partial charge in [0.15, 0.2) is 0 Å². The molecule has 0 aliphatic heterocycles. The molecular weight excluding hydrogens is 340 g/mol. The second-order valence-electron chi connectivity index (χ2n) is 6.49. The summed E-state index contributed by atoms with van der Waals surface area (Å²) in [5.74, 6) is -0.608. The summed E-state index contributed by atoms with van der Waals surface area (Å²) in [6.07, 6.45) is 4.89. The van der Waals surface area contributed by atoms with Crippen molar-refractivity contribution in [3.8, 4) is 11.1 Å². The van der Waals surface area contributed by atoms with Gasteiger partial charge >= 0.3 is 11.9 Å². The second kappa shape index (κ2) is 11.2. The Morgan fingerprint density at radius 2 is 1.33 bits per heavy atom. The minimum absolute atomic E-state index is 0.300. The molecule has 2 aromatic carbocycles. The molecule has 0 atom stereocenters. The number of esters is 2. The number of carbonyl (C=O) groups is 2. The maximum atomic E-state index is 12.1. The van der Waals surface area contributed by atoms with E-state index >= 15 is 0 Å². The van der Waals surface area contributed by atoms with Gasteiger partial charge < -0.3 is 9.47 Å². The maximum Gasteiger partial charge on any atom is 0.338 e. The van der Waals surface area contributed by atoms with E-state index in [2.05, 4.69) is 13.8 Å². The van der Waals surface area contributed by atoms with Crippen molar-refractivity contribution in [2.75, 3.05) is 13.2 Å². The molecule has 2 rings (SSSR count). The van der Waals surface area contributed by atoms with Crippen LogP contribution in [0.2, 0.25) is 0 Å². The van der Waals surface area contributed by atoms with E-state index in [9.17, 15) is 9.59 Å². The van der Waals surface area contributed by atoms with Gasteiger partial charge in [-0.25, -0.2) is 9.59 Å². The van der Waals surface area contributed by atoms with E-state index < -0.39 is 0 Å². The maximum absolute atomic E-state index is 12.1. The first kappa shape index (κ1) is 20.7. The van der Waals surface area contributed by atoms with Crippen molar-refractivity contribution in [1.82, 2.24) is 0 Å². The van der Waals surface area contributed by atoms with Crippen molar-refractivity contribution < 1.29 is 19.1 Å². The average molecular weight is 368 g/mol. The third-order valence-corrected chi connectivity index (χ3v) is 4.26. The monoisotopic (exact) mass is 368 g/mol. The molecule has 2 aromatic rings. The summed E-state index contributed by atoms with van der Waals surface area (Å²) in [5.41, 5.74) is 2.90. The number of ether oxygens (including phenoxy) is 2. The predicted molar refractivity (Wildman–Crippen MR) is 107 cm³/mol. The highest BCUT2D eigenvalue weighted by Crippen LogP contribution is 2.22. The van der Waals surface area contributed by atoms with Crippen LogP contribution in [0.4, 0.5) is 0 Å². The third-order valence-electron chi connectivity index (χ3n) is 4.26. The van der Waals surface area contributed by atoms with Crippen LogP contribution in [0.15, 0.2) is 48.5 Å². The third kappa shape index (κ3) is 6.55. The van der Waals surface area contributed by atoms with Crippen LogP contribution in [0.3, 0.4) is 0 Å². The average Bonchev–Trinajstić information content (AvgIpc) is 2.71. The van der Waals surface area contributed by atoms with Gasteiger partial charge in [0.2, 0.25) is 0 Å². The van der Waals surface area contributed by atoms with E-state index in [1.165, 1.54) is 0 Å². The van der Waals surface area contributed by atoms with Gasteiger partial charge in [0.1, 0.15) is 0 Å². The summed E-state index contributed by atoms with van der Waals surface area (Å²) in [4.78, 5) is 24.2. The van der Waals surface area contributed by atoms with Crippen LogP contribution in [0, 0.1) is 0 Å². The molecule has 0 radical (unpaired) electrons. The van der Waals surface area contributed by atoms with Gasteiger partial charge in [0, 0.05) is 0 Å². The Bertz CT molecular complexity index is 734. The zero-order chi connectivity index (χ0) is 19.5. The van der Waals surface area contributed by atoms with Crippen LogP contribution < -0.4 is 0 Å². The molecule has 27 heavy (non-hydrogen) atoms. The summed E-state index contributed by atoms with van der Waals surface area (Å²) >= 11 is 0. The fourth-order valence-corrected chi connectivity index (χ4v) is 2.62. The lowest BCUT2D eigenvalue weighted by Gasteiger charge is -2.08. The van der Waals surface area contributed by atoms with Gasteiger partial charge in [0.25, 0.3) is 0 Å². The summed E-state index contributed by atoms with van der Waals surface area (Å²) in [5, 5.41) is 0. The quantitative estimate of drug-likeness (QED) is 0.401. The van der Waals surface area contributed by atoms with Gasteiger partial charge in [0.05, 0.1) is 24.3 Å². The summed E-state index contributed by atoms with van der Waals surface area (Å²) in [7, 11) is 0. The Morgan fingerprint density at radius 3 is 2.00 bits per heavy atom. The molecule has 0 bridgehead atoms. The number of benzene rings is 2. The van der Waals surface area contributed by atoms with Crippen molar-refractivity contribution >= 4 is 11.9 Å².